The van der Waals surface area contributed by atoms with Gasteiger partial charge in [0, 0.05) is 5.56 Å². The minimum atomic E-state index is 0.390. The minimum Gasteiger partial charge on any atom is -0.307 e. The first-order valence-electron chi connectivity index (χ1n) is 3.26. The van der Waals surface area contributed by atoms with Gasteiger partial charge in [-0.3, -0.25) is 0 Å². The fraction of sp³-hybridized carbons (Fsp3) is 0.333. The topological polar surface area (TPSA) is 63.8 Å². The largest absolute Gasteiger partial charge is 0.307 e. The zero-order chi connectivity index (χ0) is 8.27. The van der Waals surface area contributed by atoms with Gasteiger partial charge in [0.1, 0.15) is 0 Å². The third-order valence-electron chi connectivity index (χ3n) is 1.36. The Kier molecular flexibility index (Phi) is 2.62. The van der Waals surface area contributed by atoms with E-state index in [9.17, 15) is 0 Å². The Hall–Kier alpha value is -0.870. The molecule has 0 spiro atoms. The number of aryl methyl sites for hydroxylation is 1. The summed E-state index contributed by atoms with van der Waals surface area (Å²) in [6.07, 6.45) is 0.828. The van der Waals surface area contributed by atoms with E-state index in [2.05, 4.69) is 15.6 Å². The van der Waals surface area contributed by atoms with Gasteiger partial charge < -0.3 is 5.43 Å². The number of rotatable bonds is 2. The summed E-state index contributed by atoms with van der Waals surface area (Å²) in [5, 5.41) is 7.77. The fourth-order valence-electron chi connectivity index (χ4n) is 0.794. The van der Waals surface area contributed by atoms with Crippen molar-refractivity contribution in [2.24, 2.45) is 5.84 Å². The summed E-state index contributed by atoms with van der Waals surface area (Å²) in [6, 6.07) is 1.74. The third-order valence-corrected chi connectivity index (χ3v) is 1.55. The molecule has 1 aromatic heterocycles. The molecule has 0 aliphatic rings. The summed E-state index contributed by atoms with van der Waals surface area (Å²) in [4.78, 5) is 0. The van der Waals surface area contributed by atoms with Crippen molar-refractivity contribution >= 4 is 17.4 Å². The normalized spacial score (nSPS) is 9.73. The number of nitrogens with zero attached hydrogens (tertiary/aromatic N) is 2. The van der Waals surface area contributed by atoms with Gasteiger partial charge in [-0.15, -0.1) is 10.2 Å². The van der Waals surface area contributed by atoms with Gasteiger partial charge >= 0.3 is 0 Å². The summed E-state index contributed by atoms with van der Waals surface area (Å²) in [6.45, 7) is 1.99. The van der Waals surface area contributed by atoms with E-state index in [1.54, 1.807) is 6.07 Å². The molecule has 0 saturated carbocycles. The van der Waals surface area contributed by atoms with E-state index in [-0.39, 0.29) is 0 Å². The average molecular weight is 173 g/mol. The van der Waals surface area contributed by atoms with Gasteiger partial charge in [0.05, 0.1) is 0 Å². The zero-order valence-corrected chi connectivity index (χ0v) is 6.89. The maximum absolute atomic E-state index is 5.61. The number of hydrogen-bond donors (Lipinski definition) is 2. The molecule has 0 saturated heterocycles. The van der Waals surface area contributed by atoms with E-state index in [4.69, 9.17) is 17.4 Å². The predicted octanol–water partition coefficient (Wildman–Crippen LogP) is 0.978. The molecule has 0 atom stereocenters. The molecule has 0 aromatic carbocycles. The Balaban J connectivity index is 3.06. The van der Waals surface area contributed by atoms with Crippen LogP contribution in [0.5, 0.6) is 0 Å². The monoisotopic (exact) mass is 172 g/mol. The third kappa shape index (κ3) is 1.78. The molecule has 0 radical (unpaired) electrons. The Labute approximate surface area is 69.7 Å². The van der Waals surface area contributed by atoms with Crippen LogP contribution in [0, 0.1) is 0 Å². The lowest BCUT2D eigenvalue weighted by atomic mass is 10.2. The van der Waals surface area contributed by atoms with Crippen LogP contribution in [0.15, 0.2) is 6.07 Å². The highest BCUT2D eigenvalue weighted by Crippen LogP contribution is 2.13. The Bertz CT molecular complexity index is 250. The zero-order valence-electron chi connectivity index (χ0n) is 6.13. The van der Waals surface area contributed by atoms with E-state index in [0.29, 0.717) is 11.0 Å². The van der Waals surface area contributed by atoms with Crippen LogP contribution in [-0.2, 0) is 6.42 Å². The molecule has 0 fully saturated rings. The summed E-state index contributed by atoms with van der Waals surface area (Å²) in [5.74, 6) is 5.76. The van der Waals surface area contributed by atoms with E-state index in [1.807, 2.05) is 6.92 Å². The number of halogens is 1. The van der Waals surface area contributed by atoms with E-state index in [1.165, 1.54) is 0 Å². The molecule has 60 valence electrons. The number of hydrogen-bond acceptors (Lipinski definition) is 4. The van der Waals surface area contributed by atoms with Crippen molar-refractivity contribution in [1.82, 2.24) is 10.2 Å². The molecule has 3 N–H and O–H groups in total. The maximum atomic E-state index is 5.61. The molecule has 5 heteroatoms. The van der Waals surface area contributed by atoms with Crippen LogP contribution in [0.1, 0.15) is 12.5 Å². The van der Waals surface area contributed by atoms with Crippen molar-refractivity contribution in [3.05, 3.63) is 16.8 Å². The van der Waals surface area contributed by atoms with Crippen LogP contribution < -0.4 is 11.3 Å². The summed E-state index contributed by atoms with van der Waals surface area (Å²) >= 11 is 5.61. The average Bonchev–Trinajstić information content (AvgIpc) is 2.04. The fourth-order valence-corrected chi connectivity index (χ4v) is 0.964. The smallest absolute Gasteiger partial charge is 0.165 e. The molecule has 4 nitrogen and oxygen atoms in total. The highest BCUT2D eigenvalue weighted by atomic mass is 35.5. The van der Waals surface area contributed by atoms with Crippen molar-refractivity contribution in [2.75, 3.05) is 5.43 Å². The van der Waals surface area contributed by atoms with Gasteiger partial charge in [-0.05, 0) is 12.5 Å². The molecule has 0 bridgehead atoms. The summed E-state index contributed by atoms with van der Waals surface area (Å²) in [7, 11) is 0. The van der Waals surface area contributed by atoms with Crippen molar-refractivity contribution in [3.8, 4) is 0 Å². The number of nitrogens with one attached hydrogen (secondary N) is 1. The number of aromatic nitrogens is 2. The molecule has 1 aromatic rings. The second-order valence-electron chi connectivity index (χ2n) is 2.04. The van der Waals surface area contributed by atoms with Crippen LogP contribution in [0.2, 0.25) is 5.15 Å². The molecular formula is C6H9ClN4. The van der Waals surface area contributed by atoms with Crippen molar-refractivity contribution in [3.63, 3.8) is 0 Å². The van der Waals surface area contributed by atoms with Crippen molar-refractivity contribution < 1.29 is 0 Å². The first-order chi connectivity index (χ1) is 5.27. The van der Waals surface area contributed by atoms with Gasteiger partial charge in [-0.1, -0.05) is 18.5 Å². The maximum Gasteiger partial charge on any atom is 0.165 e. The van der Waals surface area contributed by atoms with E-state index in [0.717, 1.165) is 12.0 Å². The molecule has 0 amide bonds. The van der Waals surface area contributed by atoms with Crippen LogP contribution in [-0.4, -0.2) is 10.2 Å². The first-order valence-corrected chi connectivity index (χ1v) is 3.64. The first kappa shape index (κ1) is 8.23. The molecule has 11 heavy (non-hydrogen) atoms. The van der Waals surface area contributed by atoms with Gasteiger partial charge in [0.2, 0.25) is 0 Å². The number of nitrogens with two attached hydrogens (primary N) is 1. The second-order valence-corrected chi connectivity index (χ2v) is 2.43. The predicted molar refractivity (Wildman–Crippen MR) is 44.2 cm³/mol. The Morgan fingerprint density at radius 3 is 2.91 bits per heavy atom. The molecule has 0 unspecified atom stereocenters. The Morgan fingerprint density at radius 1 is 1.64 bits per heavy atom. The number of nitrogen functional groups attached to an aromatic ring is 1. The lowest BCUT2D eigenvalue weighted by Crippen LogP contribution is -2.11. The van der Waals surface area contributed by atoms with Crippen LogP contribution in [0.25, 0.3) is 0 Å². The number of anilines is 1. The van der Waals surface area contributed by atoms with Gasteiger partial charge in [0.25, 0.3) is 0 Å². The lowest BCUT2D eigenvalue weighted by molar-refractivity contribution is 0.976. The quantitative estimate of drug-likeness (QED) is 0.516. The van der Waals surface area contributed by atoms with E-state index >= 15 is 0 Å². The second kappa shape index (κ2) is 3.50. The highest BCUT2D eigenvalue weighted by molar-refractivity contribution is 6.29. The van der Waals surface area contributed by atoms with Crippen molar-refractivity contribution in [2.45, 2.75) is 13.3 Å². The van der Waals surface area contributed by atoms with Crippen LogP contribution >= 0.6 is 11.6 Å². The van der Waals surface area contributed by atoms with Gasteiger partial charge in [0.15, 0.2) is 11.0 Å². The molecule has 0 aliphatic heterocycles. The molecule has 1 heterocycles. The van der Waals surface area contributed by atoms with Crippen LogP contribution in [0.4, 0.5) is 5.82 Å². The molecular weight excluding hydrogens is 164 g/mol. The van der Waals surface area contributed by atoms with E-state index < -0.39 is 0 Å². The summed E-state index contributed by atoms with van der Waals surface area (Å²) in [5.41, 5.74) is 3.41. The summed E-state index contributed by atoms with van der Waals surface area (Å²) < 4.78 is 0. The lowest BCUT2D eigenvalue weighted by Gasteiger charge is -2.03. The molecule has 0 aliphatic carbocycles. The van der Waals surface area contributed by atoms with Gasteiger partial charge in [-0.25, -0.2) is 5.84 Å². The standard InChI is InChI=1S/C6H9ClN4/c1-2-4-3-5(7)10-11-6(4)9-8/h3H,2,8H2,1H3,(H,9,11). The van der Waals surface area contributed by atoms with Crippen LogP contribution in [0.3, 0.4) is 0 Å². The highest BCUT2D eigenvalue weighted by Gasteiger charge is 2.01. The minimum absolute atomic E-state index is 0.390. The molecule has 1 rings (SSSR count). The van der Waals surface area contributed by atoms with Crippen molar-refractivity contribution in [1.29, 1.82) is 0 Å². The number of hydrazine groups is 1. The Morgan fingerprint density at radius 2 is 2.36 bits per heavy atom. The SMILES string of the molecule is CCc1cc(Cl)nnc1NN. The van der Waals surface area contributed by atoms with Gasteiger partial charge in [-0.2, -0.15) is 0 Å².